The first-order valence-electron chi connectivity index (χ1n) is 9.01. The number of nitrogens with zero attached hydrogens (tertiary/aromatic N) is 2. The normalized spacial score (nSPS) is 11.6. The van der Waals surface area contributed by atoms with Gasteiger partial charge >= 0.3 is 0 Å². The second kappa shape index (κ2) is 8.11. The van der Waals surface area contributed by atoms with Crippen LogP contribution in [0, 0.1) is 0 Å². The van der Waals surface area contributed by atoms with Gasteiger partial charge in [-0.05, 0) is 37.3 Å². The number of aromatic nitrogens is 2. The van der Waals surface area contributed by atoms with Crippen molar-refractivity contribution in [1.29, 1.82) is 0 Å². The largest absolute Gasteiger partial charge is 0.290 e. The Morgan fingerprint density at radius 1 is 0.931 bits per heavy atom. The fourth-order valence-electron chi connectivity index (χ4n) is 3.15. The summed E-state index contributed by atoms with van der Waals surface area (Å²) in [7, 11) is 0. The van der Waals surface area contributed by atoms with E-state index >= 15 is 0 Å². The molecule has 144 valence electrons. The fraction of sp³-hybridized carbons (Fsp3) is 0.0435. The molecule has 0 unspecified atom stereocenters. The molecule has 0 bridgehead atoms. The van der Waals surface area contributed by atoms with Crippen molar-refractivity contribution < 1.29 is 0 Å². The number of benzene rings is 3. The Hall–Kier alpha value is -3.08. The molecule has 0 fully saturated rings. The highest BCUT2D eigenvalue weighted by Gasteiger charge is 2.19. The van der Waals surface area contributed by atoms with Crippen LogP contribution in [0.15, 0.2) is 88.6 Å². The molecule has 0 atom stereocenters. The van der Waals surface area contributed by atoms with E-state index in [4.69, 9.17) is 23.2 Å². The molecule has 1 aromatic heterocycles. The molecule has 4 rings (SSSR count). The van der Waals surface area contributed by atoms with Crippen molar-refractivity contribution in [3.8, 4) is 16.9 Å². The van der Waals surface area contributed by atoms with E-state index in [-0.39, 0.29) is 5.56 Å². The Kier molecular flexibility index (Phi) is 5.38. The molecular formula is C23H17Cl2N3O. The van der Waals surface area contributed by atoms with Crippen LogP contribution >= 0.6 is 23.2 Å². The van der Waals surface area contributed by atoms with Crippen molar-refractivity contribution in [1.82, 2.24) is 9.78 Å². The van der Waals surface area contributed by atoms with Crippen LogP contribution in [0.3, 0.4) is 0 Å². The number of hydrogen-bond donors (Lipinski definition) is 1. The first kappa shape index (κ1) is 19.2. The standard InChI is InChI=1S/C23H17Cl2N3O/c1-15(26-20-13-12-17(24)14-19(20)25)21-22(16-8-4-2-5-9-16)27-28(23(21)29)18-10-6-3-7-11-18/h2-14,27H,1H3. The van der Waals surface area contributed by atoms with Gasteiger partial charge < -0.3 is 0 Å². The van der Waals surface area contributed by atoms with Crippen molar-refractivity contribution in [3.05, 3.63) is 105 Å². The van der Waals surface area contributed by atoms with Gasteiger partial charge in [-0.3, -0.25) is 14.9 Å². The predicted molar refractivity (Wildman–Crippen MR) is 120 cm³/mol. The molecule has 6 heteroatoms. The van der Waals surface area contributed by atoms with Gasteiger partial charge in [-0.25, -0.2) is 4.68 Å². The summed E-state index contributed by atoms with van der Waals surface area (Å²) in [6.07, 6.45) is 0. The number of hydrogen-bond acceptors (Lipinski definition) is 2. The van der Waals surface area contributed by atoms with E-state index in [1.807, 2.05) is 60.7 Å². The van der Waals surface area contributed by atoms with E-state index in [1.54, 1.807) is 25.1 Å². The molecule has 0 saturated heterocycles. The lowest BCUT2D eigenvalue weighted by Gasteiger charge is -2.04. The minimum absolute atomic E-state index is 0.179. The van der Waals surface area contributed by atoms with Crippen molar-refractivity contribution in [2.75, 3.05) is 0 Å². The molecule has 4 aromatic rings. The van der Waals surface area contributed by atoms with Crippen molar-refractivity contribution in [3.63, 3.8) is 0 Å². The monoisotopic (exact) mass is 421 g/mol. The molecule has 0 radical (unpaired) electrons. The fourth-order valence-corrected chi connectivity index (χ4v) is 3.60. The maximum atomic E-state index is 13.3. The second-order valence-corrected chi connectivity index (χ2v) is 7.34. The Labute approximate surface area is 178 Å². The molecular weight excluding hydrogens is 405 g/mol. The van der Waals surface area contributed by atoms with Crippen LogP contribution in [0.5, 0.6) is 0 Å². The van der Waals surface area contributed by atoms with E-state index in [0.29, 0.717) is 32.7 Å². The Morgan fingerprint density at radius 3 is 2.24 bits per heavy atom. The Morgan fingerprint density at radius 2 is 1.59 bits per heavy atom. The topological polar surface area (TPSA) is 50.1 Å². The number of aliphatic imine (C=N–C) groups is 1. The lowest BCUT2D eigenvalue weighted by molar-refractivity contribution is 0.852. The van der Waals surface area contributed by atoms with E-state index in [1.165, 1.54) is 4.68 Å². The van der Waals surface area contributed by atoms with E-state index in [2.05, 4.69) is 10.1 Å². The molecule has 0 amide bonds. The average molecular weight is 422 g/mol. The third kappa shape index (κ3) is 3.90. The molecule has 1 heterocycles. The minimum atomic E-state index is -0.179. The molecule has 4 nitrogen and oxygen atoms in total. The summed E-state index contributed by atoms with van der Waals surface area (Å²) in [5, 5.41) is 4.20. The zero-order valence-electron chi connectivity index (χ0n) is 15.6. The minimum Gasteiger partial charge on any atom is -0.290 e. The Balaban J connectivity index is 1.93. The zero-order chi connectivity index (χ0) is 20.4. The van der Waals surface area contributed by atoms with Crippen LogP contribution in [0.1, 0.15) is 12.5 Å². The number of aromatic amines is 1. The van der Waals surface area contributed by atoms with Gasteiger partial charge in [-0.1, -0.05) is 71.7 Å². The van der Waals surface area contributed by atoms with Crippen molar-refractivity contribution in [2.45, 2.75) is 6.92 Å². The Bertz CT molecular complexity index is 1240. The van der Waals surface area contributed by atoms with Crippen molar-refractivity contribution in [2.24, 2.45) is 4.99 Å². The molecule has 1 N–H and O–H groups in total. The van der Waals surface area contributed by atoms with E-state index in [0.717, 1.165) is 11.3 Å². The smallest absolute Gasteiger partial charge is 0.280 e. The molecule has 0 saturated carbocycles. The SMILES string of the molecule is CC(=Nc1ccc(Cl)cc1Cl)c1c(-c2ccccc2)[nH]n(-c2ccccc2)c1=O. The lowest BCUT2D eigenvalue weighted by atomic mass is 10.1. The highest BCUT2D eigenvalue weighted by atomic mass is 35.5. The summed E-state index contributed by atoms with van der Waals surface area (Å²) < 4.78 is 1.53. The maximum absolute atomic E-state index is 13.3. The third-order valence-electron chi connectivity index (χ3n) is 4.53. The summed E-state index contributed by atoms with van der Waals surface area (Å²) in [6, 6.07) is 24.2. The van der Waals surface area contributed by atoms with Gasteiger partial charge in [0.25, 0.3) is 5.56 Å². The van der Waals surface area contributed by atoms with Crippen LogP contribution in [0.25, 0.3) is 16.9 Å². The number of H-pyrrole nitrogens is 1. The summed E-state index contributed by atoms with van der Waals surface area (Å²) in [5.74, 6) is 0. The predicted octanol–water partition coefficient (Wildman–Crippen LogP) is 6.28. The van der Waals surface area contributed by atoms with Crippen LogP contribution in [0.4, 0.5) is 5.69 Å². The highest BCUT2D eigenvalue weighted by Crippen LogP contribution is 2.29. The number of para-hydroxylation sites is 1. The van der Waals surface area contributed by atoms with Crippen molar-refractivity contribution >= 4 is 34.6 Å². The van der Waals surface area contributed by atoms with Gasteiger partial charge in [-0.2, -0.15) is 0 Å². The molecule has 0 aliphatic rings. The second-order valence-electron chi connectivity index (χ2n) is 6.50. The zero-order valence-corrected chi connectivity index (χ0v) is 17.1. The summed E-state index contributed by atoms with van der Waals surface area (Å²) in [5.41, 5.74) is 3.77. The van der Waals surface area contributed by atoms with Gasteiger partial charge in [0.1, 0.15) is 0 Å². The number of halogens is 2. The van der Waals surface area contributed by atoms with Crippen LogP contribution in [-0.2, 0) is 0 Å². The lowest BCUT2D eigenvalue weighted by Crippen LogP contribution is -2.19. The highest BCUT2D eigenvalue weighted by molar-refractivity contribution is 6.36. The van der Waals surface area contributed by atoms with Crippen LogP contribution in [-0.4, -0.2) is 15.5 Å². The summed E-state index contributed by atoms with van der Waals surface area (Å²) >= 11 is 12.3. The average Bonchev–Trinajstić information content (AvgIpc) is 3.08. The third-order valence-corrected chi connectivity index (χ3v) is 5.06. The van der Waals surface area contributed by atoms with E-state index in [9.17, 15) is 4.79 Å². The van der Waals surface area contributed by atoms with E-state index < -0.39 is 0 Å². The molecule has 0 spiro atoms. The quantitative estimate of drug-likeness (QED) is 0.387. The van der Waals surface area contributed by atoms with Gasteiger partial charge in [-0.15, -0.1) is 0 Å². The summed E-state index contributed by atoms with van der Waals surface area (Å²) in [6.45, 7) is 1.80. The maximum Gasteiger partial charge on any atom is 0.280 e. The molecule has 29 heavy (non-hydrogen) atoms. The number of nitrogens with one attached hydrogen (secondary N) is 1. The van der Waals surface area contributed by atoms with Crippen LogP contribution < -0.4 is 5.56 Å². The number of rotatable bonds is 4. The molecule has 0 aliphatic carbocycles. The van der Waals surface area contributed by atoms with Gasteiger partial charge in [0.05, 0.1) is 33.4 Å². The van der Waals surface area contributed by atoms with Gasteiger partial charge in [0.2, 0.25) is 0 Å². The summed E-state index contributed by atoms with van der Waals surface area (Å²) in [4.78, 5) is 17.9. The first-order chi connectivity index (χ1) is 14.0. The first-order valence-corrected chi connectivity index (χ1v) is 9.77. The molecule has 0 aliphatic heterocycles. The van der Waals surface area contributed by atoms with Gasteiger partial charge in [0.15, 0.2) is 0 Å². The van der Waals surface area contributed by atoms with Crippen LogP contribution in [0.2, 0.25) is 10.0 Å². The molecule has 3 aromatic carbocycles. The van der Waals surface area contributed by atoms with Gasteiger partial charge in [0, 0.05) is 10.6 Å².